The monoisotopic (exact) mass is 345 g/mol. The van der Waals surface area contributed by atoms with Gasteiger partial charge in [-0.05, 0) is 22.7 Å². The van der Waals surface area contributed by atoms with Crippen molar-refractivity contribution >= 4 is 19.1 Å². The summed E-state index contributed by atoms with van der Waals surface area (Å²) in [4.78, 5) is 0. The molecule has 0 radical (unpaired) electrons. The Morgan fingerprint density at radius 3 is 1.83 bits per heavy atom. The molecule has 0 aliphatic rings. The predicted molar refractivity (Wildman–Crippen MR) is 110 cm³/mol. The van der Waals surface area contributed by atoms with Crippen LogP contribution in [0.4, 0.5) is 0 Å². The lowest BCUT2D eigenvalue weighted by Crippen LogP contribution is -2.51. The molecule has 0 atom stereocenters. The molecule has 1 aromatic carbocycles. The van der Waals surface area contributed by atoms with E-state index in [2.05, 4.69) is 97.4 Å². The SMILES string of the molecule is CC(C)[Si](C(C)C)(C(C)C)n1cc(C[N+](C)(C)C)c2ccccc21. The molecule has 2 aromatic rings. The van der Waals surface area contributed by atoms with Crippen LogP contribution >= 0.6 is 0 Å². The smallest absolute Gasteiger partial charge is 0.169 e. The second kappa shape index (κ2) is 6.68. The first-order valence-electron chi connectivity index (χ1n) is 9.41. The number of para-hydroxylation sites is 1. The van der Waals surface area contributed by atoms with E-state index in [-0.39, 0.29) is 0 Å². The molecule has 0 aliphatic carbocycles. The summed E-state index contributed by atoms with van der Waals surface area (Å²) in [5.74, 6) is 0. The Morgan fingerprint density at radius 1 is 0.875 bits per heavy atom. The van der Waals surface area contributed by atoms with Crippen LogP contribution in [0.2, 0.25) is 16.6 Å². The van der Waals surface area contributed by atoms with Crippen LogP contribution in [-0.4, -0.2) is 38.1 Å². The number of hydrogen-bond donors (Lipinski definition) is 0. The number of hydrogen-bond acceptors (Lipinski definition) is 0. The number of aromatic nitrogens is 1. The van der Waals surface area contributed by atoms with Gasteiger partial charge in [0, 0.05) is 22.7 Å². The summed E-state index contributed by atoms with van der Waals surface area (Å²) in [7, 11) is 5.13. The Hall–Kier alpha value is -1.06. The molecule has 0 N–H and O–H groups in total. The maximum absolute atomic E-state index is 2.76. The molecular weight excluding hydrogens is 308 g/mol. The van der Waals surface area contributed by atoms with Gasteiger partial charge < -0.3 is 8.72 Å². The second-order valence-corrected chi connectivity index (χ2v) is 15.1. The van der Waals surface area contributed by atoms with Gasteiger partial charge in [0.15, 0.2) is 8.24 Å². The summed E-state index contributed by atoms with van der Waals surface area (Å²) < 4.78 is 3.72. The molecule has 3 heteroatoms. The Bertz CT molecular complexity index is 668. The van der Waals surface area contributed by atoms with Crippen LogP contribution in [0.15, 0.2) is 30.5 Å². The Labute approximate surface area is 150 Å². The van der Waals surface area contributed by atoms with Gasteiger partial charge in [-0.15, -0.1) is 0 Å². The predicted octanol–water partition coefficient (Wildman–Crippen LogP) is 5.87. The minimum atomic E-state index is -1.71. The first kappa shape index (κ1) is 19.3. The van der Waals surface area contributed by atoms with Crippen molar-refractivity contribution in [2.45, 2.75) is 64.7 Å². The van der Waals surface area contributed by atoms with Crippen LogP contribution in [0.3, 0.4) is 0 Å². The fourth-order valence-electron chi connectivity index (χ4n) is 5.04. The second-order valence-electron chi connectivity index (χ2n) is 9.34. The number of rotatable bonds is 6. The number of fused-ring (bicyclic) bond motifs is 1. The maximum atomic E-state index is 2.76. The average molecular weight is 346 g/mol. The molecule has 0 saturated heterocycles. The van der Waals surface area contributed by atoms with Gasteiger partial charge >= 0.3 is 0 Å². The molecule has 0 unspecified atom stereocenters. The summed E-state index contributed by atoms with van der Waals surface area (Å²) in [6.07, 6.45) is 2.51. The van der Waals surface area contributed by atoms with E-state index in [4.69, 9.17) is 0 Å². The zero-order chi connectivity index (χ0) is 18.3. The molecule has 0 bridgehead atoms. The molecule has 2 rings (SSSR count). The first-order chi connectivity index (χ1) is 11.0. The van der Waals surface area contributed by atoms with Gasteiger partial charge in [-0.3, -0.25) is 0 Å². The van der Waals surface area contributed by atoms with Crippen molar-refractivity contribution in [2.24, 2.45) is 0 Å². The maximum Gasteiger partial charge on any atom is 0.169 e. The number of quaternary nitrogens is 1. The van der Waals surface area contributed by atoms with Gasteiger partial charge in [-0.25, -0.2) is 0 Å². The van der Waals surface area contributed by atoms with Crippen molar-refractivity contribution in [3.05, 3.63) is 36.0 Å². The van der Waals surface area contributed by atoms with Crippen molar-refractivity contribution in [3.8, 4) is 0 Å². The van der Waals surface area contributed by atoms with E-state index in [9.17, 15) is 0 Å². The normalized spacial score (nSPS) is 13.7. The molecular formula is C21H37N2Si+. The molecule has 0 fully saturated rings. The summed E-state index contributed by atoms with van der Waals surface area (Å²) >= 11 is 0. The minimum absolute atomic E-state index is 0.713. The molecule has 0 spiro atoms. The van der Waals surface area contributed by atoms with Crippen LogP contribution in [0.5, 0.6) is 0 Å². The Balaban J connectivity index is 2.79. The van der Waals surface area contributed by atoms with Crippen molar-refractivity contribution in [1.29, 1.82) is 0 Å². The lowest BCUT2D eigenvalue weighted by molar-refractivity contribution is -0.883. The summed E-state index contributed by atoms with van der Waals surface area (Å²) in [5.41, 5.74) is 5.08. The van der Waals surface area contributed by atoms with E-state index in [1.165, 1.54) is 16.5 Å². The van der Waals surface area contributed by atoms with Crippen molar-refractivity contribution < 1.29 is 4.48 Å². The van der Waals surface area contributed by atoms with E-state index < -0.39 is 8.24 Å². The molecule has 1 aromatic heterocycles. The van der Waals surface area contributed by atoms with Crippen LogP contribution in [-0.2, 0) is 6.54 Å². The largest absolute Gasteiger partial charge is 0.373 e. The average Bonchev–Trinajstić information content (AvgIpc) is 2.76. The van der Waals surface area contributed by atoms with Gasteiger partial charge in [0.25, 0.3) is 0 Å². The highest BCUT2D eigenvalue weighted by molar-refractivity contribution is 6.82. The van der Waals surface area contributed by atoms with Crippen molar-refractivity contribution in [1.82, 2.24) is 4.23 Å². The molecule has 134 valence electrons. The topological polar surface area (TPSA) is 4.93 Å². The highest BCUT2D eigenvalue weighted by Gasteiger charge is 2.46. The highest BCUT2D eigenvalue weighted by Crippen LogP contribution is 2.44. The lowest BCUT2D eigenvalue weighted by Gasteiger charge is -2.44. The molecule has 2 nitrogen and oxygen atoms in total. The van der Waals surface area contributed by atoms with Crippen LogP contribution < -0.4 is 0 Å². The third-order valence-electron chi connectivity index (χ3n) is 5.63. The summed E-state index contributed by atoms with van der Waals surface area (Å²) in [6, 6.07) is 9.05. The van der Waals surface area contributed by atoms with Crippen molar-refractivity contribution in [2.75, 3.05) is 21.1 Å². The van der Waals surface area contributed by atoms with E-state index in [1.54, 1.807) is 0 Å². The van der Waals surface area contributed by atoms with Crippen LogP contribution in [0.1, 0.15) is 47.1 Å². The first-order valence-corrected chi connectivity index (χ1v) is 11.6. The quantitative estimate of drug-likeness (QED) is 0.456. The van der Waals surface area contributed by atoms with Crippen LogP contribution in [0.25, 0.3) is 10.9 Å². The fourth-order valence-corrected chi connectivity index (χ4v) is 11.7. The molecule has 0 aliphatic heterocycles. The molecule has 0 saturated carbocycles. The van der Waals surface area contributed by atoms with Crippen LogP contribution in [0, 0.1) is 0 Å². The van der Waals surface area contributed by atoms with Gasteiger partial charge in [0.1, 0.15) is 6.54 Å². The Morgan fingerprint density at radius 2 is 1.38 bits per heavy atom. The van der Waals surface area contributed by atoms with Crippen molar-refractivity contribution in [3.63, 3.8) is 0 Å². The van der Waals surface area contributed by atoms with Gasteiger partial charge in [-0.2, -0.15) is 0 Å². The minimum Gasteiger partial charge on any atom is -0.373 e. The lowest BCUT2D eigenvalue weighted by atomic mass is 10.1. The van der Waals surface area contributed by atoms with Gasteiger partial charge in [-0.1, -0.05) is 59.7 Å². The van der Waals surface area contributed by atoms with E-state index in [0.29, 0.717) is 16.6 Å². The van der Waals surface area contributed by atoms with Gasteiger partial charge in [0.05, 0.1) is 21.1 Å². The number of benzene rings is 1. The van der Waals surface area contributed by atoms with Gasteiger partial charge in [0.2, 0.25) is 0 Å². The third kappa shape index (κ3) is 3.21. The van der Waals surface area contributed by atoms with E-state index in [1.807, 2.05) is 0 Å². The zero-order valence-electron chi connectivity index (χ0n) is 17.2. The molecule has 24 heavy (non-hydrogen) atoms. The Kier molecular flexibility index (Phi) is 5.36. The summed E-state index contributed by atoms with van der Waals surface area (Å²) in [6.45, 7) is 15.7. The third-order valence-corrected chi connectivity index (χ3v) is 12.4. The molecule has 0 amide bonds. The molecule has 1 heterocycles. The summed E-state index contributed by atoms with van der Waals surface area (Å²) in [5, 5.41) is 1.45. The standard InChI is InChI=1S/C21H37N2Si/c1-16(2)24(17(3)4,18(5)6)22-14-19(15-23(7,8)9)20-12-10-11-13-21(20)22/h10-14,16-18H,15H2,1-9H3/q+1. The number of nitrogens with zero attached hydrogens (tertiary/aromatic N) is 2. The fraction of sp³-hybridized carbons (Fsp3) is 0.619. The highest BCUT2D eigenvalue weighted by atomic mass is 28.3. The van der Waals surface area contributed by atoms with E-state index >= 15 is 0 Å². The zero-order valence-corrected chi connectivity index (χ0v) is 18.2. The van der Waals surface area contributed by atoms with E-state index in [0.717, 1.165) is 11.0 Å².